The highest BCUT2D eigenvalue weighted by Gasteiger charge is 2.31. The molecule has 0 aromatic heterocycles. The molecule has 0 saturated carbocycles. The molecule has 1 rings (SSSR count). The second-order valence-electron chi connectivity index (χ2n) is 5.47. The van der Waals surface area contributed by atoms with Crippen LogP contribution in [-0.2, 0) is 14.3 Å². The maximum Gasteiger partial charge on any atom is 0.328 e. The summed E-state index contributed by atoms with van der Waals surface area (Å²) in [5.41, 5.74) is 0. The van der Waals surface area contributed by atoms with Crippen molar-refractivity contribution < 1.29 is 14.3 Å². The van der Waals surface area contributed by atoms with Crippen LogP contribution in [0, 0.1) is 11.8 Å². The molecule has 1 saturated heterocycles. The van der Waals surface area contributed by atoms with E-state index in [2.05, 4.69) is 17.6 Å². The fourth-order valence-electron chi connectivity index (χ4n) is 2.44. The molecule has 5 heteroatoms. The molecule has 1 aliphatic heterocycles. The average molecular weight is 270 g/mol. The maximum atomic E-state index is 12.2. The minimum absolute atomic E-state index is 0.00698. The van der Waals surface area contributed by atoms with Crippen LogP contribution in [0.25, 0.3) is 0 Å². The number of amides is 1. The summed E-state index contributed by atoms with van der Waals surface area (Å²) in [4.78, 5) is 24.0. The normalized spacial score (nSPS) is 26.3. The molecular weight excluding hydrogens is 244 g/mol. The van der Waals surface area contributed by atoms with E-state index in [0.29, 0.717) is 6.04 Å². The Hall–Kier alpha value is -1.10. The second kappa shape index (κ2) is 7.48. The fourth-order valence-corrected chi connectivity index (χ4v) is 2.44. The summed E-state index contributed by atoms with van der Waals surface area (Å²) < 4.78 is 4.78. The van der Waals surface area contributed by atoms with Crippen LogP contribution >= 0.6 is 0 Å². The lowest BCUT2D eigenvalue weighted by Gasteiger charge is -2.29. The minimum Gasteiger partial charge on any atom is -0.467 e. The zero-order chi connectivity index (χ0) is 14.4. The number of hydrogen-bond donors (Lipinski definition) is 2. The number of ether oxygens (including phenoxy) is 1. The average Bonchev–Trinajstić information content (AvgIpc) is 2.42. The van der Waals surface area contributed by atoms with E-state index in [0.717, 1.165) is 25.8 Å². The Morgan fingerprint density at radius 1 is 1.47 bits per heavy atom. The van der Waals surface area contributed by atoms with Crippen LogP contribution < -0.4 is 10.6 Å². The van der Waals surface area contributed by atoms with Gasteiger partial charge in [0.2, 0.25) is 5.91 Å². The van der Waals surface area contributed by atoms with Gasteiger partial charge < -0.3 is 15.4 Å². The lowest BCUT2D eigenvalue weighted by atomic mass is 9.91. The Kier molecular flexibility index (Phi) is 6.28. The predicted octanol–water partition coefficient (Wildman–Crippen LogP) is 1.08. The Morgan fingerprint density at radius 2 is 2.16 bits per heavy atom. The molecule has 0 bridgehead atoms. The Morgan fingerprint density at radius 3 is 2.68 bits per heavy atom. The zero-order valence-electron chi connectivity index (χ0n) is 12.4. The summed E-state index contributed by atoms with van der Waals surface area (Å²) in [6.07, 6.45) is 2.47. The summed E-state index contributed by atoms with van der Waals surface area (Å²) in [6, 6.07) is -0.183. The molecule has 0 aliphatic carbocycles. The summed E-state index contributed by atoms with van der Waals surface area (Å²) >= 11 is 0. The van der Waals surface area contributed by atoms with Gasteiger partial charge in [-0.3, -0.25) is 4.79 Å². The summed E-state index contributed by atoms with van der Waals surface area (Å²) in [5, 5.41) is 6.18. The third-order valence-corrected chi connectivity index (χ3v) is 3.96. The lowest BCUT2D eigenvalue weighted by molar-refractivity contribution is -0.147. The number of hydrogen-bond acceptors (Lipinski definition) is 4. The molecule has 19 heavy (non-hydrogen) atoms. The van der Waals surface area contributed by atoms with Gasteiger partial charge in [0.1, 0.15) is 6.04 Å². The van der Waals surface area contributed by atoms with Crippen LogP contribution in [0.3, 0.4) is 0 Å². The second-order valence-corrected chi connectivity index (χ2v) is 5.47. The van der Waals surface area contributed by atoms with E-state index in [-0.39, 0.29) is 23.7 Å². The Balaban J connectivity index is 2.62. The first-order chi connectivity index (χ1) is 8.99. The first-order valence-corrected chi connectivity index (χ1v) is 7.11. The van der Waals surface area contributed by atoms with Crippen LogP contribution in [0.2, 0.25) is 0 Å². The number of carbonyl (C=O) groups excluding carboxylic acids is 2. The van der Waals surface area contributed by atoms with Gasteiger partial charge >= 0.3 is 5.97 Å². The number of piperidine rings is 1. The summed E-state index contributed by atoms with van der Waals surface area (Å²) in [6.45, 7) is 6.88. The van der Waals surface area contributed by atoms with Crippen LogP contribution in [-0.4, -0.2) is 37.6 Å². The van der Waals surface area contributed by atoms with Crippen molar-refractivity contribution in [1.29, 1.82) is 0 Å². The monoisotopic (exact) mass is 270 g/mol. The van der Waals surface area contributed by atoms with E-state index in [1.807, 2.05) is 13.8 Å². The maximum absolute atomic E-state index is 12.2. The van der Waals surface area contributed by atoms with Crippen molar-refractivity contribution in [1.82, 2.24) is 10.6 Å². The van der Waals surface area contributed by atoms with Crippen molar-refractivity contribution in [3.63, 3.8) is 0 Å². The third-order valence-electron chi connectivity index (χ3n) is 3.96. The predicted molar refractivity (Wildman–Crippen MR) is 73.6 cm³/mol. The highest BCUT2D eigenvalue weighted by Crippen LogP contribution is 2.17. The van der Waals surface area contributed by atoms with Gasteiger partial charge in [0.15, 0.2) is 0 Å². The van der Waals surface area contributed by atoms with Crippen LogP contribution in [0.15, 0.2) is 0 Å². The van der Waals surface area contributed by atoms with Crippen molar-refractivity contribution >= 4 is 11.9 Å². The summed E-state index contributed by atoms with van der Waals surface area (Å²) in [7, 11) is 1.36. The first-order valence-electron chi connectivity index (χ1n) is 7.11. The van der Waals surface area contributed by atoms with Crippen molar-refractivity contribution in [2.75, 3.05) is 13.7 Å². The molecule has 5 nitrogen and oxygen atoms in total. The molecule has 0 unspecified atom stereocenters. The fraction of sp³-hybridized carbons (Fsp3) is 0.857. The van der Waals surface area contributed by atoms with Gasteiger partial charge in [0.05, 0.1) is 7.11 Å². The van der Waals surface area contributed by atoms with Gasteiger partial charge in [0.25, 0.3) is 0 Å². The van der Waals surface area contributed by atoms with E-state index in [1.54, 1.807) is 0 Å². The van der Waals surface area contributed by atoms with E-state index >= 15 is 0 Å². The Labute approximate surface area is 115 Å². The van der Waals surface area contributed by atoms with Crippen molar-refractivity contribution in [3.8, 4) is 0 Å². The third kappa shape index (κ3) is 4.49. The van der Waals surface area contributed by atoms with Crippen molar-refractivity contribution in [2.24, 2.45) is 11.8 Å². The highest BCUT2D eigenvalue weighted by molar-refractivity contribution is 5.86. The molecule has 0 aromatic carbocycles. The van der Waals surface area contributed by atoms with Crippen molar-refractivity contribution in [2.45, 2.75) is 52.1 Å². The van der Waals surface area contributed by atoms with Crippen LogP contribution in [0.1, 0.15) is 40.0 Å². The zero-order valence-corrected chi connectivity index (χ0v) is 12.4. The molecule has 4 atom stereocenters. The molecule has 1 aliphatic rings. The molecule has 2 N–H and O–H groups in total. The smallest absolute Gasteiger partial charge is 0.328 e. The minimum atomic E-state index is -0.535. The van der Waals surface area contributed by atoms with Gasteiger partial charge in [-0.1, -0.05) is 20.3 Å². The Bertz CT molecular complexity index is 320. The van der Waals surface area contributed by atoms with Crippen LogP contribution in [0.4, 0.5) is 0 Å². The van der Waals surface area contributed by atoms with Crippen LogP contribution in [0.5, 0.6) is 0 Å². The van der Waals surface area contributed by atoms with E-state index in [4.69, 9.17) is 4.74 Å². The van der Waals surface area contributed by atoms with E-state index in [9.17, 15) is 9.59 Å². The molecule has 0 aromatic rings. The molecule has 1 fully saturated rings. The van der Waals surface area contributed by atoms with Gasteiger partial charge in [0, 0.05) is 12.0 Å². The number of carbonyl (C=O) groups is 2. The van der Waals surface area contributed by atoms with Gasteiger partial charge in [-0.15, -0.1) is 0 Å². The van der Waals surface area contributed by atoms with Gasteiger partial charge in [-0.25, -0.2) is 4.79 Å². The van der Waals surface area contributed by atoms with Crippen molar-refractivity contribution in [3.05, 3.63) is 0 Å². The number of esters is 1. The molecule has 1 heterocycles. The van der Waals surface area contributed by atoms with Gasteiger partial charge in [-0.2, -0.15) is 0 Å². The molecule has 110 valence electrons. The largest absolute Gasteiger partial charge is 0.467 e. The number of nitrogens with one attached hydrogen (secondary N) is 2. The van der Waals surface area contributed by atoms with Gasteiger partial charge in [-0.05, 0) is 32.2 Å². The number of methoxy groups -OCH3 is 1. The molecule has 0 radical (unpaired) electrons. The topological polar surface area (TPSA) is 67.4 Å². The standard InChI is InChI=1S/C14H26N2O3/c1-5-9(2)12(14(18)19-4)16-13(17)11-6-7-15-10(3)8-11/h9-12,15H,5-8H2,1-4H3,(H,16,17)/t9-,10-,11-,12-/m0/s1. The molecular formula is C14H26N2O3. The number of rotatable bonds is 5. The van der Waals surface area contributed by atoms with E-state index in [1.165, 1.54) is 7.11 Å². The quantitative estimate of drug-likeness (QED) is 0.734. The SMILES string of the molecule is CC[C@H](C)[C@H](NC(=O)[C@H]1CCN[C@@H](C)C1)C(=O)OC. The summed E-state index contributed by atoms with van der Waals surface area (Å²) in [5.74, 6) is -0.309. The lowest BCUT2D eigenvalue weighted by Crippen LogP contribution is -2.50. The molecule has 0 spiro atoms. The highest BCUT2D eigenvalue weighted by atomic mass is 16.5. The van der Waals surface area contributed by atoms with E-state index < -0.39 is 6.04 Å². The first kappa shape index (κ1) is 16.0. The molecule has 1 amide bonds.